The first-order chi connectivity index (χ1) is 9.34. The van der Waals surface area contributed by atoms with Crippen molar-refractivity contribution in [3.8, 4) is 0 Å². The topological polar surface area (TPSA) is 50.8 Å². The maximum Gasteiger partial charge on any atom is 0.224 e. The third kappa shape index (κ3) is 3.64. The summed E-state index contributed by atoms with van der Waals surface area (Å²) in [5, 5.41) is 3.36. The molecule has 2 aliphatic heterocycles. The number of carbonyl (C=O) groups excluding carboxylic acids is 1. The van der Waals surface area contributed by atoms with E-state index in [0.29, 0.717) is 25.7 Å². The molecule has 116 valence electrons. The zero-order chi connectivity index (χ0) is 13.1. The number of nitrogens with one attached hydrogen (secondary N) is 1. The zero-order valence-corrected chi connectivity index (χ0v) is 12.7. The van der Waals surface area contributed by atoms with Crippen LogP contribution in [-0.2, 0) is 14.3 Å². The van der Waals surface area contributed by atoms with Gasteiger partial charge in [0.05, 0.1) is 32.0 Å². The standard InChI is InChI=1S/C14H24N2O3.ClH/c17-14(9-11-10-18-7-5-15-11)16-6-8-19-13-4-2-1-3-12(13)16;/h11-13,15H,1-10H2;1H. The maximum absolute atomic E-state index is 12.5. The Labute approximate surface area is 126 Å². The Hall–Kier alpha value is -0.360. The number of rotatable bonds is 2. The van der Waals surface area contributed by atoms with Gasteiger partial charge in [0.25, 0.3) is 0 Å². The minimum absolute atomic E-state index is 0. The van der Waals surface area contributed by atoms with Crippen molar-refractivity contribution in [3.05, 3.63) is 0 Å². The van der Waals surface area contributed by atoms with Crippen molar-refractivity contribution in [2.75, 3.05) is 32.9 Å². The molecular formula is C14H25ClN2O3. The van der Waals surface area contributed by atoms with Crippen molar-refractivity contribution in [2.24, 2.45) is 0 Å². The number of nitrogens with zero attached hydrogens (tertiary/aromatic N) is 1. The van der Waals surface area contributed by atoms with Gasteiger partial charge in [-0.25, -0.2) is 0 Å². The van der Waals surface area contributed by atoms with E-state index in [4.69, 9.17) is 9.47 Å². The highest BCUT2D eigenvalue weighted by atomic mass is 35.5. The minimum Gasteiger partial charge on any atom is -0.378 e. The predicted octanol–water partition coefficient (Wildman–Crippen LogP) is 0.957. The normalized spacial score (nSPS) is 34.0. The summed E-state index contributed by atoms with van der Waals surface area (Å²) in [7, 11) is 0. The monoisotopic (exact) mass is 304 g/mol. The second-order valence-corrected chi connectivity index (χ2v) is 5.78. The highest BCUT2D eigenvalue weighted by molar-refractivity contribution is 5.85. The maximum atomic E-state index is 12.5. The first-order valence-corrected chi connectivity index (χ1v) is 7.57. The molecule has 0 bridgehead atoms. The van der Waals surface area contributed by atoms with Crippen molar-refractivity contribution in [3.63, 3.8) is 0 Å². The Balaban J connectivity index is 0.00000147. The van der Waals surface area contributed by atoms with E-state index in [1.807, 2.05) is 0 Å². The van der Waals surface area contributed by atoms with E-state index in [-0.39, 0.29) is 30.5 Å². The van der Waals surface area contributed by atoms with Crippen LogP contribution in [0.25, 0.3) is 0 Å². The molecule has 2 heterocycles. The highest BCUT2D eigenvalue weighted by Crippen LogP contribution is 2.28. The third-order valence-corrected chi connectivity index (χ3v) is 4.47. The van der Waals surface area contributed by atoms with Gasteiger partial charge < -0.3 is 19.7 Å². The van der Waals surface area contributed by atoms with Crippen molar-refractivity contribution in [2.45, 2.75) is 50.3 Å². The van der Waals surface area contributed by atoms with Gasteiger partial charge in [-0.1, -0.05) is 12.8 Å². The Morgan fingerprint density at radius 1 is 1.25 bits per heavy atom. The number of hydrogen-bond donors (Lipinski definition) is 1. The minimum atomic E-state index is 0. The molecule has 3 atom stereocenters. The zero-order valence-electron chi connectivity index (χ0n) is 11.9. The molecule has 0 aromatic heterocycles. The molecule has 6 heteroatoms. The van der Waals surface area contributed by atoms with Crippen LogP contribution in [-0.4, -0.2) is 61.9 Å². The number of amides is 1. The summed E-state index contributed by atoms with van der Waals surface area (Å²) in [5.41, 5.74) is 0. The summed E-state index contributed by atoms with van der Waals surface area (Å²) in [6.45, 7) is 3.72. The second-order valence-electron chi connectivity index (χ2n) is 5.78. The van der Waals surface area contributed by atoms with Gasteiger partial charge in [0.2, 0.25) is 5.91 Å². The van der Waals surface area contributed by atoms with Crippen molar-refractivity contribution < 1.29 is 14.3 Å². The molecule has 2 saturated heterocycles. The van der Waals surface area contributed by atoms with Crippen LogP contribution in [0.1, 0.15) is 32.1 Å². The van der Waals surface area contributed by atoms with Gasteiger partial charge in [0.15, 0.2) is 0 Å². The molecule has 1 N–H and O–H groups in total. The van der Waals surface area contributed by atoms with Gasteiger partial charge in [-0.05, 0) is 12.8 Å². The van der Waals surface area contributed by atoms with Gasteiger partial charge >= 0.3 is 0 Å². The van der Waals surface area contributed by atoms with Crippen LogP contribution in [0.3, 0.4) is 0 Å². The van der Waals surface area contributed by atoms with Crippen LogP contribution >= 0.6 is 12.4 Å². The van der Waals surface area contributed by atoms with Gasteiger partial charge in [0.1, 0.15) is 0 Å². The summed E-state index contributed by atoms with van der Waals surface area (Å²) in [6.07, 6.45) is 5.51. The molecule has 0 aromatic rings. The average Bonchev–Trinajstić information content (AvgIpc) is 2.47. The smallest absolute Gasteiger partial charge is 0.224 e. The lowest BCUT2D eigenvalue weighted by molar-refractivity contribution is -0.150. The Morgan fingerprint density at radius 3 is 2.90 bits per heavy atom. The SMILES string of the molecule is Cl.O=C(CC1COCCN1)N1CCOC2CCCCC21. The van der Waals surface area contributed by atoms with E-state index in [9.17, 15) is 4.79 Å². The predicted molar refractivity (Wildman–Crippen MR) is 78.2 cm³/mol. The second kappa shape index (κ2) is 7.59. The highest BCUT2D eigenvalue weighted by Gasteiger charge is 2.37. The quantitative estimate of drug-likeness (QED) is 0.825. The van der Waals surface area contributed by atoms with E-state index in [2.05, 4.69) is 10.2 Å². The van der Waals surface area contributed by atoms with Crippen LogP contribution in [0.4, 0.5) is 0 Å². The fourth-order valence-corrected chi connectivity index (χ4v) is 3.48. The average molecular weight is 305 g/mol. The van der Waals surface area contributed by atoms with E-state index in [0.717, 1.165) is 32.5 Å². The molecule has 3 unspecified atom stereocenters. The molecule has 1 amide bonds. The fraction of sp³-hybridized carbons (Fsp3) is 0.929. The summed E-state index contributed by atoms with van der Waals surface area (Å²) >= 11 is 0. The first-order valence-electron chi connectivity index (χ1n) is 7.57. The summed E-state index contributed by atoms with van der Waals surface area (Å²) in [5.74, 6) is 0.267. The van der Waals surface area contributed by atoms with Crippen molar-refractivity contribution in [1.82, 2.24) is 10.2 Å². The lowest BCUT2D eigenvalue weighted by Gasteiger charge is -2.44. The molecule has 3 rings (SSSR count). The van der Waals surface area contributed by atoms with E-state index in [1.54, 1.807) is 0 Å². The summed E-state index contributed by atoms with van der Waals surface area (Å²) in [4.78, 5) is 14.6. The number of ether oxygens (including phenoxy) is 2. The van der Waals surface area contributed by atoms with Gasteiger partial charge in [0, 0.05) is 25.6 Å². The molecule has 0 radical (unpaired) electrons. The molecule has 1 saturated carbocycles. The van der Waals surface area contributed by atoms with Crippen LogP contribution in [0.2, 0.25) is 0 Å². The van der Waals surface area contributed by atoms with E-state index >= 15 is 0 Å². The Bertz CT molecular complexity index is 322. The third-order valence-electron chi connectivity index (χ3n) is 4.47. The number of halogens is 1. The summed E-state index contributed by atoms with van der Waals surface area (Å²) < 4.78 is 11.2. The van der Waals surface area contributed by atoms with Crippen LogP contribution in [0.5, 0.6) is 0 Å². The molecule has 0 spiro atoms. The summed E-state index contributed by atoms with van der Waals surface area (Å²) in [6, 6.07) is 0.505. The van der Waals surface area contributed by atoms with E-state index < -0.39 is 0 Å². The number of morpholine rings is 2. The van der Waals surface area contributed by atoms with Crippen LogP contribution < -0.4 is 5.32 Å². The molecule has 1 aliphatic carbocycles. The molecule has 3 aliphatic rings. The van der Waals surface area contributed by atoms with Crippen molar-refractivity contribution in [1.29, 1.82) is 0 Å². The van der Waals surface area contributed by atoms with Crippen LogP contribution in [0.15, 0.2) is 0 Å². The molecule has 5 nitrogen and oxygen atoms in total. The molecule has 20 heavy (non-hydrogen) atoms. The van der Waals surface area contributed by atoms with Gasteiger partial charge in [-0.2, -0.15) is 0 Å². The number of fused-ring (bicyclic) bond motifs is 1. The molecule has 0 aromatic carbocycles. The first kappa shape index (κ1) is 16.0. The lowest BCUT2D eigenvalue weighted by atomic mass is 9.90. The van der Waals surface area contributed by atoms with Gasteiger partial charge in [-0.15, -0.1) is 12.4 Å². The van der Waals surface area contributed by atoms with Gasteiger partial charge in [-0.3, -0.25) is 4.79 Å². The van der Waals surface area contributed by atoms with Crippen LogP contribution in [0, 0.1) is 0 Å². The molecular weight excluding hydrogens is 280 g/mol. The fourth-order valence-electron chi connectivity index (χ4n) is 3.48. The van der Waals surface area contributed by atoms with Crippen molar-refractivity contribution >= 4 is 18.3 Å². The molecule has 3 fully saturated rings. The lowest BCUT2D eigenvalue weighted by Crippen LogP contribution is -2.56. The number of hydrogen-bond acceptors (Lipinski definition) is 4. The largest absolute Gasteiger partial charge is 0.378 e. The number of carbonyl (C=O) groups is 1. The Morgan fingerprint density at radius 2 is 2.10 bits per heavy atom. The Kier molecular flexibility index (Phi) is 6.08. The van der Waals surface area contributed by atoms with E-state index in [1.165, 1.54) is 12.8 Å².